The Morgan fingerprint density at radius 3 is 2.82 bits per heavy atom. The molecule has 4 rings (SSSR count). The summed E-state index contributed by atoms with van der Waals surface area (Å²) in [6, 6.07) is 14.0. The van der Waals surface area contributed by atoms with Crippen LogP contribution < -0.4 is 0 Å². The molecule has 144 valence electrons. The maximum Gasteiger partial charge on any atom is 0.256 e. The summed E-state index contributed by atoms with van der Waals surface area (Å²) in [6.07, 6.45) is 2.46. The van der Waals surface area contributed by atoms with Crippen molar-refractivity contribution < 1.29 is 13.7 Å². The van der Waals surface area contributed by atoms with Crippen LogP contribution in [0.25, 0.3) is 11.4 Å². The molecule has 0 N–H and O–H groups in total. The van der Waals surface area contributed by atoms with Gasteiger partial charge in [0.15, 0.2) is 0 Å². The number of nitrogens with zero attached hydrogens (tertiary/aromatic N) is 3. The lowest BCUT2D eigenvalue weighted by molar-refractivity contribution is 0.0663. The zero-order valence-electron chi connectivity index (χ0n) is 15.8. The fraction of sp³-hybridized carbons (Fsp3) is 0.318. The molecule has 6 heteroatoms. The SMILES string of the molecule is Cc1ccccc1-c1noc(C[C@@H]2CCCN(C(=O)c3ccccc3F)C2)n1. The van der Waals surface area contributed by atoms with Crippen molar-refractivity contribution in [2.75, 3.05) is 13.1 Å². The lowest BCUT2D eigenvalue weighted by atomic mass is 9.94. The van der Waals surface area contributed by atoms with Gasteiger partial charge in [-0.05, 0) is 43.4 Å². The first-order valence-corrected chi connectivity index (χ1v) is 9.54. The Bertz CT molecular complexity index is 985. The van der Waals surface area contributed by atoms with E-state index in [0.717, 1.165) is 24.0 Å². The van der Waals surface area contributed by atoms with Crippen molar-refractivity contribution in [3.63, 3.8) is 0 Å². The molecule has 1 fully saturated rings. The standard InChI is InChI=1S/C22H22FN3O2/c1-15-7-2-3-9-17(15)21-24-20(28-25-21)13-16-8-6-12-26(14-16)22(27)18-10-4-5-11-19(18)23/h2-5,7,9-11,16H,6,8,12-14H2,1H3/t16-/m0/s1. The number of halogens is 1. The maximum absolute atomic E-state index is 14.0. The van der Waals surface area contributed by atoms with Crippen molar-refractivity contribution in [3.05, 3.63) is 71.4 Å². The third-order valence-corrected chi connectivity index (χ3v) is 5.23. The summed E-state index contributed by atoms with van der Waals surface area (Å²) in [7, 11) is 0. The molecule has 5 nitrogen and oxygen atoms in total. The van der Waals surface area contributed by atoms with E-state index in [-0.39, 0.29) is 17.4 Å². The molecular formula is C22H22FN3O2. The van der Waals surface area contributed by atoms with E-state index in [4.69, 9.17) is 4.52 Å². The van der Waals surface area contributed by atoms with Crippen molar-refractivity contribution in [1.82, 2.24) is 15.0 Å². The van der Waals surface area contributed by atoms with Gasteiger partial charge in [-0.1, -0.05) is 41.6 Å². The minimum Gasteiger partial charge on any atom is -0.339 e. The van der Waals surface area contributed by atoms with Gasteiger partial charge >= 0.3 is 0 Å². The first-order valence-electron chi connectivity index (χ1n) is 9.54. The maximum atomic E-state index is 14.0. The molecule has 1 aliphatic heterocycles. The van der Waals surface area contributed by atoms with Crippen LogP contribution in [0.2, 0.25) is 0 Å². The molecule has 28 heavy (non-hydrogen) atoms. The van der Waals surface area contributed by atoms with Gasteiger partial charge in [0.05, 0.1) is 5.56 Å². The van der Waals surface area contributed by atoms with Gasteiger partial charge in [-0.3, -0.25) is 4.79 Å². The molecule has 0 aliphatic carbocycles. The van der Waals surface area contributed by atoms with Gasteiger partial charge in [-0.15, -0.1) is 0 Å². The Balaban J connectivity index is 1.44. The number of hydrogen-bond acceptors (Lipinski definition) is 4. The molecule has 0 spiro atoms. The van der Waals surface area contributed by atoms with E-state index < -0.39 is 5.82 Å². The largest absolute Gasteiger partial charge is 0.339 e. The summed E-state index contributed by atoms with van der Waals surface area (Å²) in [5.74, 6) is 0.643. The number of rotatable bonds is 4. The molecule has 1 saturated heterocycles. The zero-order valence-corrected chi connectivity index (χ0v) is 15.8. The number of carbonyl (C=O) groups excluding carboxylic acids is 1. The number of aryl methyl sites for hydroxylation is 1. The first-order chi connectivity index (χ1) is 13.6. The molecular weight excluding hydrogens is 357 g/mol. The van der Waals surface area contributed by atoms with Crippen molar-refractivity contribution in [1.29, 1.82) is 0 Å². The van der Waals surface area contributed by atoms with Gasteiger partial charge in [-0.2, -0.15) is 4.98 Å². The quantitative estimate of drug-likeness (QED) is 0.679. The summed E-state index contributed by atoms with van der Waals surface area (Å²) in [6.45, 7) is 3.22. The lowest BCUT2D eigenvalue weighted by Gasteiger charge is -2.32. The van der Waals surface area contributed by atoms with E-state index in [1.807, 2.05) is 31.2 Å². The van der Waals surface area contributed by atoms with Gasteiger partial charge in [0.25, 0.3) is 5.91 Å². The molecule has 0 radical (unpaired) electrons. The highest BCUT2D eigenvalue weighted by Gasteiger charge is 2.27. The van der Waals surface area contributed by atoms with Gasteiger partial charge in [-0.25, -0.2) is 4.39 Å². The van der Waals surface area contributed by atoms with Gasteiger partial charge < -0.3 is 9.42 Å². The van der Waals surface area contributed by atoms with E-state index >= 15 is 0 Å². The monoisotopic (exact) mass is 379 g/mol. The Morgan fingerprint density at radius 1 is 1.21 bits per heavy atom. The lowest BCUT2D eigenvalue weighted by Crippen LogP contribution is -2.40. The van der Waals surface area contributed by atoms with Crippen LogP contribution in [0.4, 0.5) is 4.39 Å². The number of hydrogen-bond donors (Lipinski definition) is 0. The molecule has 0 bridgehead atoms. The summed E-state index contributed by atoms with van der Waals surface area (Å²) in [5.41, 5.74) is 2.18. The molecule has 1 amide bonds. The molecule has 1 atom stereocenters. The number of piperidine rings is 1. The number of benzene rings is 2. The predicted molar refractivity (Wildman–Crippen MR) is 103 cm³/mol. The normalized spacial score (nSPS) is 16.9. The van der Waals surface area contributed by atoms with Crippen LogP contribution in [0.15, 0.2) is 53.1 Å². The van der Waals surface area contributed by atoms with Crippen molar-refractivity contribution >= 4 is 5.91 Å². The van der Waals surface area contributed by atoms with Gasteiger partial charge in [0.2, 0.25) is 11.7 Å². The molecule has 0 saturated carbocycles. The Hall–Kier alpha value is -3.02. The average Bonchev–Trinajstić information content (AvgIpc) is 3.16. The fourth-order valence-corrected chi connectivity index (χ4v) is 3.74. The van der Waals surface area contributed by atoms with E-state index in [1.165, 1.54) is 12.1 Å². The van der Waals surface area contributed by atoms with E-state index in [0.29, 0.717) is 31.2 Å². The van der Waals surface area contributed by atoms with Crippen LogP contribution in [0.5, 0.6) is 0 Å². The van der Waals surface area contributed by atoms with E-state index in [2.05, 4.69) is 10.1 Å². The van der Waals surface area contributed by atoms with Crippen LogP contribution in [-0.2, 0) is 6.42 Å². The minimum atomic E-state index is -0.477. The van der Waals surface area contributed by atoms with Gasteiger partial charge in [0, 0.05) is 25.1 Å². The minimum absolute atomic E-state index is 0.128. The van der Waals surface area contributed by atoms with Crippen LogP contribution in [-0.4, -0.2) is 34.0 Å². The van der Waals surface area contributed by atoms with Crippen molar-refractivity contribution in [2.45, 2.75) is 26.2 Å². The summed E-state index contributed by atoms with van der Waals surface area (Å²) >= 11 is 0. The van der Waals surface area contributed by atoms with Crippen LogP contribution in [0.1, 0.15) is 34.7 Å². The van der Waals surface area contributed by atoms with E-state index in [1.54, 1.807) is 17.0 Å². The Labute approximate surface area is 163 Å². The molecule has 0 unspecified atom stereocenters. The Kier molecular flexibility index (Phi) is 5.19. The number of likely N-dealkylation sites (tertiary alicyclic amines) is 1. The molecule has 2 aromatic carbocycles. The van der Waals surface area contributed by atoms with Crippen LogP contribution in [0, 0.1) is 18.7 Å². The number of aromatic nitrogens is 2. The highest BCUT2D eigenvalue weighted by atomic mass is 19.1. The van der Waals surface area contributed by atoms with Crippen molar-refractivity contribution in [2.24, 2.45) is 5.92 Å². The second-order valence-electron chi connectivity index (χ2n) is 7.27. The second kappa shape index (κ2) is 7.92. The molecule has 1 aliphatic rings. The highest BCUT2D eigenvalue weighted by Crippen LogP contribution is 2.25. The van der Waals surface area contributed by atoms with E-state index in [9.17, 15) is 9.18 Å². The number of carbonyl (C=O) groups is 1. The summed E-state index contributed by atoms with van der Waals surface area (Å²) in [5, 5.41) is 4.11. The zero-order chi connectivity index (χ0) is 19.5. The average molecular weight is 379 g/mol. The molecule has 1 aromatic heterocycles. The summed E-state index contributed by atoms with van der Waals surface area (Å²) in [4.78, 5) is 18.9. The smallest absolute Gasteiger partial charge is 0.256 e. The third kappa shape index (κ3) is 3.81. The van der Waals surface area contributed by atoms with Gasteiger partial charge in [0.1, 0.15) is 5.82 Å². The van der Waals surface area contributed by atoms with Crippen LogP contribution in [0.3, 0.4) is 0 Å². The molecule has 3 aromatic rings. The van der Waals surface area contributed by atoms with Crippen LogP contribution >= 0.6 is 0 Å². The number of amides is 1. The van der Waals surface area contributed by atoms with Crippen molar-refractivity contribution in [3.8, 4) is 11.4 Å². The third-order valence-electron chi connectivity index (χ3n) is 5.23. The predicted octanol–water partition coefficient (Wildman–Crippen LogP) is 4.28. The molecule has 2 heterocycles. The summed E-state index contributed by atoms with van der Waals surface area (Å²) < 4.78 is 19.4. The first kappa shape index (κ1) is 18.3. The Morgan fingerprint density at radius 2 is 2.00 bits per heavy atom. The topological polar surface area (TPSA) is 59.2 Å². The highest BCUT2D eigenvalue weighted by molar-refractivity contribution is 5.94. The fourth-order valence-electron chi connectivity index (χ4n) is 3.74. The second-order valence-corrected chi connectivity index (χ2v) is 7.27.